The maximum Gasteiger partial charge on any atom is 0.336 e. The minimum Gasteiger partial charge on any atom is -0.461 e. The third-order valence-corrected chi connectivity index (χ3v) is 5.24. The number of benzene rings is 2. The second-order valence-electron chi connectivity index (χ2n) is 7.65. The van der Waals surface area contributed by atoms with E-state index in [9.17, 15) is 9.59 Å². The van der Waals surface area contributed by atoms with Crippen LogP contribution in [-0.2, 0) is 22.6 Å². The number of carbonyl (C=O) groups is 1. The molecule has 4 rings (SSSR count). The summed E-state index contributed by atoms with van der Waals surface area (Å²) in [5.74, 6) is -0.00376. The molecule has 0 atom stereocenters. The van der Waals surface area contributed by atoms with Gasteiger partial charge in [0.05, 0.1) is 6.42 Å². The van der Waals surface area contributed by atoms with E-state index in [1.54, 1.807) is 0 Å². The summed E-state index contributed by atoms with van der Waals surface area (Å²) >= 11 is 0. The van der Waals surface area contributed by atoms with E-state index in [-0.39, 0.29) is 19.0 Å². The van der Waals surface area contributed by atoms with Gasteiger partial charge in [-0.05, 0) is 47.7 Å². The number of H-pyrrole nitrogens is 1. The van der Waals surface area contributed by atoms with Crippen molar-refractivity contribution in [1.29, 1.82) is 0 Å². The number of hydrogen-bond acceptors (Lipinski definition) is 4. The van der Waals surface area contributed by atoms with Crippen LogP contribution in [0.3, 0.4) is 0 Å². The predicted octanol–water partition coefficient (Wildman–Crippen LogP) is 4.99. The van der Waals surface area contributed by atoms with Crippen LogP contribution in [0.5, 0.6) is 0 Å². The molecule has 2 heterocycles. The Hall–Kier alpha value is -3.34. The van der Waals surface area contributed by atoms with E-state index in [1.807, 2.05) is 49.5 Å². The van der Waals surface area contributed by atoms with Crippen molar-refractivity contribution in [3.05, 3.63) is 81.3 Å². The number of nitrogens with one attached hydrogen (secondary N) is 1. The van der Waals surface area contributed by atoms with Crippen LogP contribution in [0.2, 0.25) is 0 Å². The van der Waals surface area contributed by atoms with Gasteiger partial charge in [-0.1, -0.05) is 32.0 Å². The second-order valence-corrected chi connectivity index (χ2v) is 7.65. The summed E-state index contributed by atoms with van der Waals surface area (Å²) in [6.45, 7) is 6.27. The third-order valence-electron chi connectivity index (χ3n) is 5.24. The predicted molar refractivity (Wildman–Crippen MR) is 113 cm³/mol. The van der Waals surface area contributed by atoms with Crippen LogP contribution in [0.1, 0.15) is 42.0 Å². The number of aryl methyl sites for hydroxylation is 1. The van der Waals surface area contributed by atoms with Crippen LogP contribution < -0.4 is 5.63 Å². The topological polar surface area (TPSA) is 72.3 Å². The van der Waals surface area contributed by atoms with Gasteiger partial charge in [0.2, 0.25) is 0 Å². The van der Waals surface area contributed by atoms with E-state index >= 15 is 0 Å². The van der Waals surface area contributed by atoms with E-state index in [0.717, 1.165) is 27.4 Å². The van der Waals surface area contributed by atoms with Gasteiger partial charge in [-0.25, -0.2) is 4.79 Å². The number of rotatable bonds is 5. The Morgan fingerprint density at radius 1 is 1.10 bits per heavy atom. The molecule has 5 heteroatoms. The normalized spacial score (nSPS) is 11.4. The second kappa shape index (κ2) is 7.59. The Morgan fingerprint density at radius 2 is 1.90 bits per heavy atom. The van der Waals surface area contributed by atoms with Crippen LogP contribution in [0.25, 0.3) is 21.9 Å². The molecule has 0 bridgehead atoms. The average molecular weight is 389 g/mol. The van der Waals surface area contributed by atoms with E-state index in [4.69, 9.17) is 9.15 Å². The summed E-state index contributed by atoms with van der Waals surface area (Å²) < 4.78 is 10.9. The van der Waals surface area contributed by atoms with Gasteiger partial charge in [0, 0.05) is 34.1 Å². The zero-order chi connectivity index (χ0) is 20.5. The molecule has 0 aliphatic heterocycles. The molecule has 0 unspecified atom stereocenters. The lowest BCUT2D eigenvalue weighted by atomic mass is 9.95. The first-order chi connectivity index (χ1) is 13.9. The molecule has 0 spiro atoms. The zero-order valence-corrected chi connectivity index (χ0v) is 16.7. The lowest BCUT2D eigenvalue weighted by Gasteiger charge is -2.13. The minimum atomic E-state index is -0.447. The van der Waals surface area contributed by atoms with Crippen LogP contribution >= 0.6 is 0 Å². The van der Waals surface area contributed by atoms with Gasteiger partial charge < -0.3 is 14.1 Å². The molecule has 29 heavy (non-hydrogen) atoms. The Balaban J connectivity index is 1.58. The highest BCUT2D eigenvalue weighted by Crippen LogP contribution is 2.27. The van der Waals surface area contributed by atoms with Gasteiger partial charge in [0.1, 0.15) is 12.2 Å². The van der Waals surface area contributed by atoms with Gasteiger partial charge >= 0.3 is 11.6 Å². The molecular formula is C24H23NO4. The van der Waals surface area contributed by atoms with Crippen LogP contribution in [0, 0.1) is 6.92 Å². The Kier molecular flexibility index (Phi) is 4.97. The molecule has 0 radical (unpaired) electrons. The number of para-hydroxylation sites is 1. The number of aromatic amines is 1. The molecule has 2 aromatic heterocycles. The molecule has 5 nitrogen and oxygen atoms in total. The minimum absolute atomic E-state index is 0.0316. The molecular weight excluding hydrogens is 366 g/mol. The van der Waals surface area contributed by atoms with Crippen molar-refractivity contribution in [3.8, 4) is 0 Å². The fourth-order valence-electron chi connectivity index (χ4n) is 3.78. The number of esters is 1. The van der Waals surface area contributed by atoms with Gasteiger partial charge in [-0.15, -0.1) is 0 Å². The Labute approximate surface area is 168 Å². The molecule has 2 aromatic carbocycles. The molecule has 0 aliphatic rings. The molecule has 4 aromatic rings. The van der Waals surface area contributed by atoms with Crippen molar-refractivity contribution >= 4 is 27.8 Å². The van der Waals surface area contributed by atoms with Crippen LogP contribution in [-0.4, -0.2) is 11.0 Å². The van der Waals surface area contributed by atoms with Crippen molar-refractivity contribution in [2.75, 3.05) is 0 Å². The first-order valence-corrected chi connectivity index (χ1v) is 9.70. The highest BCUT2D eigenvalue weighted by molar-refractivity contribution is 5.87. The van der Waals surface area contributed by atoms with Gasteiger partial charge in [0.15, 0.2) is 0 Å². The van der Waals surface area contributed by atoms with Gasteiger partial charge in [-0.2, -0.15) is 0 Å². The standard InChI is InChI=1S/C24H23NO4/c1-14(2)19-11-20-17(10-24(27)29-22(20)8-15(19)3)13-28-23(26)9-16-12-25-21-7-5-4-6-18(16)21/h4-8,10-12,14,25H,9,13H2,1-3H3. The maximum atomic E-state index is 12.4. The largest absolute Gasteiger partial charge is 0.461 e. The first kappa shape index (κ1) is 19.0. The summed E-state index contributed by atoms with van der Waals surface area (Å²) in [5.41, 5.74) is 4.85. The quantitative estimate of drug-likeness (QED) is 0.385. The summed E-state index contributed by atoms with van der Waals surface area (Å²) in [5, 5.41) is 1.81. The SMILES string of the molecule is Cc1cc2oc(=O)cc(COC(=O)Cc3c[nH]c4ccccc34)c2cc1C(C)C. The van der Waals surface area contributed by atoms with Crippen LogP contribution in [0.4, 0.5) is 0 Å². The van der Waals surface area contributed by atoms with Gasteiger partial charge in [-0.3, -0.25) is 4.79 Å². The summed E-state index contributed by atoms with van der Waals surface area (Å²) in [6.07, 6.45) is 2.00. The van der Waals surface area contributed by atoms with Crippen LogP contribution in [0.15, 0.2) is 57.9 Å². The highest BCUT2D eigenvalue weighted by Gasteiger charge is 2.14. The first-order valence-electron chi connectivity index (χ1n) is 9.70. The van der Waals surface area contributed by atoms with E-state index in [2.05, 4.69) is 18.8 Å². The average Bonchev–Trinajstić information content (AvgIpc) is 3.08. The molecule has 0 amide bonds. The Bertz CT molecular complexity index is 1260. The van der Waals surface area contributed by atoms with Crippen molar-refractivity contribution in [1.82, 2.24) is 4.98 Å². The molecule has 0 aliphatic carbocycles. The van der Waals surface area contributed by atoms with Crippen molar-refractivity contribution in [3.63, 3.8) is 0 Å². The lowest BCUT2D eigenvalue weighted by molar-refractivity contribution is -0.144. The molecule has 0 saturated heterocycles. The number of fused-ring (bicyclic) bond motifs is 2. The summed E-state index contributed by atoms with van der Waals surface area (Å²) in [6, 6.07) is 13.1. The van der Waals surface area contributed by atoms with Gasteiger partial charge in [0.25, 0.3) is 0 Å². The number of carbonyl (C=O) groups excluding carboxylic acids is 1. The van der Waals surface area contributed by atoms with E-state index in [1.165, 1.54) is 11.6 Å². The zero-order valence-electron chi connectivity index (χ0n) is 16.7. The smallest absolute Gasteiger partial charge is 0.336 e. The Morgan fingerprint density at radius 3 is 2.69 bits per heavy atom. The monoisotopic (exact) mass is 389 g/mol. The fourth-order valence-corrected chi connectivity index (χ4v) is 3.78. The maximum absolute atomic E-state index is 12.4. The van der Waals surface area contributed by atoms with Crippen molar-refractivity contribution < 1.29 is 13.9 Å². The summed E-state index contributed by atoms with van der Waals surface area (Å²) in [4.78, 5) is 27.6. The highest BCUT2D eigenvalue weighted by atomic mass is 16.5. The van der Waals surface area contributed by atoms with Crippen molar-refractivity contribution in [2.24, 2.45) is 0 Å². The van der Waals surface area contributed by atoms with E-state index < -0.39 is 5.63 Å². The van der Waals surface area contributed by atoms with E-state index in [0.29, 0.717) is 17.1 Å². The number of aromatic nitrogens is 1. The molecule has 148 valence electrons. The number of ether oxygens (including phenoxy) is 1. The number of hydrogen-bond donors (Lipinski definition) is 1. The lowest BCUT2D eigenvalue weighted by Crippen LogP contribution is -2.10. The fraction of sp³-hybridized carbons (Fsp3) is 0.250. The summed E-state index contributed by atoms with van der Waals surface area (Å²) in [7, 11) is 0. The molecule has 0 fully saturated rings. The molecule has 0 saturated carbocycles. The van der Waals surface area contributed by atoms with Crippen molar-refractivity contribution in [2.45, 2.75) is 39.7 Å². The molecule has 1 N–H and O–H groups in total. The third kappa shape index (κ3) is 3.81.